The quantitative estimate of drug-likeness (QED) is 0.203. The van der Waals surface area contributed by atoms with Crippen molar-refractivity contribution in [3.05, 3.63) is 34.7 Å². The van der Waals surface area contributed by atoms with Crippen molar-refractivity contribution in [3.8, 4) is 0 Å². The van der Waals surface area contributed by atoms with Gasteiger partial charge in [0, 0.05) is 0 Å². The van der Waals surface area contributed by atoms with E-state index >= 15 is 0 Å². The minimum atomic E-state index is -0.0926. The monoisotopic (exact) mass is 150 g/mol. The Morgan fingerprint density at radius 2 is 1.27 bits per heavy atom. The lowest BCUT2D eigenvalue weighted by molar-refractivity contribution is 1.21. The number of nitrogens with zero attached hydrogens (tertiary/aromatic N) is 1. The molecular weight excluding hydrogens is 140 g/mol. The standard InChI is InChI=1S/C6H4.CH6N4/c1-2-6-4-3-5(1)6;2-1(3)5-4/h1-4H;4H2,(H4,2,3,5). The number of hydrazone groups is 1. The van der Waals surface area contributed by atoms with Crippen LogP contribution >= 0.6 is 0 Å². The first kappa shape index (κ1) is 7.40. The van der Waals surface area contributed by atoms with E-state index < -0.39 is 0 Å². The summed E-state index contributed by atoms with van der Waals surface area (Å²) < 4.78 is 0. The minimum absolute atomic E-state index is 0.0926. The summed E-state index contributed by atoms with van der Waals surface area (Å²) in [5, 5.41) is 5.71. The van der Waals surface area contributed by atoms with Gasteiger partial charge in [0.25, 0.3) is 0 Å². The summed E-state index contributed by atoms with van der Waals surface area (Å²) >= 11 is 0. The third-order valence-electron chi connectivity index (χ3n) is 1.37. The van der Waals surface area contributed by atoms with Crippen LogP contribution in [0, 0.1) is 10.4 Å². The maximum absolute atomic E-state index is 4.69. The predicted octanol–water partition coefficient (Wildman–Crippen LogP) is -0.580. The van der Waals surface area contributed by atoms with E-state index in [0.717, 1.165) is 0 Å². The van der Waals surface area contributed by atoms with Crippen molar-refractivity contribution in [3.63, 3.8) is 0 Å². The van der Waals surface area contributed by atoms with Gasteiger partial charge in [-0.05, 0) is 10.4 Å². The number of hydrogen-bond donors (Lipinski definition) is 3. The van der Waals surface area contributed by atoms with Gasteiger partial charge < -0.3 is 17.3 Å². The van der Waals surface area contributed by atoms with Crippen molar-refractivity contribution in [1.82, 2.24) is 0 Å². The van der Waals surface area contributed by atoms with Gasteiger partial charge >= 0.3 is 0 Å². The first-order valence-corrected chi connectivity index (χ1v) is 3.13. The van der Waals surface area contributed by atoms with Crippen LogP contribution in [0.3, 0.4) is 0 Å². The third kappa shape index (κ3) is 1.61. The Hall–Kier alpha value is -1.71. The van der Waals surface area contributed by atoms with Gasteiger partial charge in [0.1, 0.15) is 0 Å². The number of rotatable bonds is 0. The summed E-state index contributed by atoms with van der Waals surface area (Å²) in [6.45, 7) is 0. The summed E-state index contributed by atoms with van der Waals surface area (Å²) in [6.07, 6.45) is 0. The van der Waals surface area contributed by atoms with Gasteiger partial charge in [0.2, 0.25) is 5.96 Å². The zero-order valence-corrected chi connectivity index (χ0v) is 5.99. The third-order valence-corrected chi connectivity index (χ3v) is 1.37. The second-order valence-corrected chi connectivity index (χ2v) is 2.13. The largest absolute Gasteiger partial charge is 0.369 e. The van der Waals surface area contributed by atoms with E-state index in [9.17, 15) is 0 Å². The van der Waals surface area contributed by atoms with E-state index in [1.807, 2.05) is 0 Å². The summed E-state index contributed by atoms with van der Waals surface area (Å²) in [6, 6.07) is 8.48. The van der Waals surface area contributed by atoms with E-state index in [-0.39, 0.29) is 5.96 Å². The molecule has 0 heterocycles. The Balaban J connectivity index is 0.000000114. The Labute approximate surface area is 64.0 Å². The number of hydrogen-bond acceptors (Lipinski definition) is 2. The van der Waals surface area contributed by atoms with Gasteiger partial charge in [0.15, 0.2) is 0 Å². The first-order chi connectivity index (χ1) is 5.24. The van der Waals surface area contributed by atoms with Crippen LogP contribution < -0.4 is 17.3 Å². The molecule has 0 aliphatic heterocycles. The highest BCUT2D eigenvalue weighted by Gasteiger charge is 1.88. The zero-order chi connectivity index (χ0) is 8.27. The summed E-state index contributed by atoms with van der Waals surface area (Å²) in [7, 11) is 0. The fourth-order valence-electron chi connectivity index (χ4n) is 0.663. The highest BCUT2D eigenvalue weighted by molar-refractivity contribution is 5.75. The molecule has 0 spiro atoms. The molecule has 11 heavy (non-hydrogen) atoms. The second kappa shape index (κ2) is 2.92. The molecule has 0 saturated carbocycles. The van der Waals surface area contributed by atoms with Gasteiger partial charge in [-0.25, -0.2) is 0 Å². The SMILES string of the molecule is NN=C(N)N.c1cc2ccc1=2. The maximum atomic E-state index is 4.69. The van der Waals surface area contributed by atoms with E-state index in [4.69, 9.17) is 11.5 Å². The lowest BCUT2D eigenvalue weighted by atomic mass is 10.1. The Morgan fingerprint density at radius 3 is 1.27 bits per heavy atom. The molecule has 0 radical (unpaired) electrons. The smallest absolute Gasteiger partial charge is 0.208 e. The molecule has 0 aromatic rings. The molecule has 2 aliphatic rings. The molecule has 0 bridgehead atoms. The molecule has 6 N–H and O–H groups in total. The normalized spacial score (nSPS) is 9.09. The fourth-order valence-corrected chi connectivity index (χ4v) is 0.663. The van der Waals surface area contributed by atoms with Gasteiger partial charge in [-0.15, -0.1) is 5.10 Å². The molecular formula is C7H10N4. The average molecular weight is 150 g/mol. The molecule has 2 aliphatic carbocycles. The minimum Gasteiger partial charge on any atom is -0.369 e. The second-order valence-electron chi connectivity index (χ2n) is 2.13. The van der Waals surface area contributed by atoms with Crippen LogP contribution in [0.15, 0.2) is 29.4 Å². The molecule has 0 saturated heterocycles. The first-order valence-electron chi connectivity index (χ1n) is 3.13. The van der Waals surface area contributed by atoms with Crippen LogP contribution in [-0.2, 0) is 0 Å². The molecule has 0 amide bonds. The average Bonchev–Trinajstić information content (AvgIpc) is 1.98. The Morgan fingerprint density at radius 1 is 1.00 bits per heavy atom. The van der Waals surface area contributed by atoms with Crippen LogP contribution in [0.5, 0.6) is 0 Å². The maximum Gasteiger partial charge on any atom is 0.208 e. The van der Waals surface area contributed by atoms with Gasteiger partial charge in [-0.2, -0.15) is 0 Å². The predicted molar refractivity (Wildman–Crippen MR) is 44.1 cm³/mol. The van der Waals surface area contributed by atoms with Crippen molar-refractivity contribution in [2.24, 2.45) is 22.4 Å². The molecule has 0 atom stereocenters. The number of benzene rings is 1. The molecule has 0 fully saturated rings. The van der Waals surface area contributed by atoms with Crippen molar-refractivity contribution in [2.75, 3.05) is 0 Å². The topological polar surface area (TPSA) is 90.4 Å². The molecule has 4 heteroatoms. The highest BCUT2D eigenvalue weighted by atomic mass is 15.2. The fraction of sp³-hybridized carbons (Fsp3) is 0. The Bertz CT molecular complexity index is 301. The molecule has 0 aromatic heterocycles. The van der Waals surface area contributed by atoms with Crippen LogP contribution in [0.1, 0.15) is 0 Å². The lowest BCUT2D eigenvalue weighted by Gasteiger charge is -1.95. The number of nitrogens with two attached hydrogens (primary N) is 3. The molecule has 0 unspecified atom stereocenters. The van der Waals surface area contributed by atoms with Crippen LogP contribution in [-0.4, -0.2) is 5.96 Å². The zero-order valence-electron chi connectivity index (χ0n) is 5.99. The van der Waals surface area contributed by atoms with E-state index in [1.54, 1.807) is 0 Å². The van der Waals surface area contributed by atoms with Gasteiger partial charge in [-0.3, -0.25) is 0 Å². The van der Waals surface area contributed by atoms with Crippen LogP contribution in [0.2, 0.25) is 0 Å². The summed E-state index contributed by atoms with van der Waals surface area (Å²) in [4.78, 5) is 0. The van der Waals surface area contributed by atoms with Crippen LogP contribution in [0.25, 0.3) is 0 Å². The lowest BCUT2D eigenvalue weighted by Crippen LogP contribution is -2.23. The van der Waals surface area contributed by atoms with Crippen molar-refractivity contribution >= 4 is 5.96 Å². The summed E-state index contributed by atoms with van der Waals surface area (Å²) in [5.41, 5.74) is 9.39. The van der Waals surface area contributed by atoms with Crippen LogP contribution in [0.4, 0.5) is 0 Å². The Kier molecular flexibility index (Phi) is 1.96. The van der Waals surface area contributed by atoms with Crippen molar-refractivity contribution in [2.45, 2.75) is 0 Å². The summed E-state index contributed by atoms with van der Waals surface area (Å²) in [5.74, 6) is 4.42. The number of guanidine groups is 1. The van der Waals surface area contributed by atoms with Gasteiger partial charge in [0.05, 0.1) is 0 Å². The van der Waals surface area contributed by atoms with Gasteiger partial charge in [-0.1, -0.05) is 24.3 Å². The van der Waals surface area contributed by atoms with E-state index in [1.165, 1.54) is 10.4 Å². The highest BCUT2D eigenvalue weighted by Crippen LogP contribution is 2.04. The van der Waals surface area contributed by atoms with Crippen molar-refractivity contribution in [1.29, 1.82) is 0 Å². The molecule has 4 nitrogen and oxygen atoms in total. The molecule has 2 rings (SSSR count). The van der Waals surface area contributed by atoms with E-state index in [2.05, 4.69) is 35.2 Å². The van der Waals surface area contributed by atoms with Crippen molar-refractivity contribution < 1.29 is 0 Å². The molecule has 58 valence electrons. The molecule has 0 aromatic carbocycles. The van der Waals surface area contributed by atoms with E-state index in [0.29, 0.717) is 0 Å².